The molecule has 0 radical (unpaired) electrons. The van der Waals surface area contributed by atoms with Crippen LogP contribution in [0.3, 0.4) is 0 Å². The normalized spacial score (nSPS) is 32.8. The quantitative estimate of drug-likeness (QED) is 0.776. The van der Waals surface area contributed by atoms with Crippen LogP contribution >= 0.6 is 0 Å². The van der Waals surface area contributed by atoms with E-state index < -0.39 is 0 Å². The Morgan fingerprint density at radius 2 is 1.95 bits per heavy atom. The maximum atomic E-state index is 9.77. The first-order valence-corrected chi connectivity index (χ1v) is 8.13. The summed E-state index contributed by atoms with van der Waals surface area (Å²) < 4.78 is 0. The van der Waals surface area contributed by atoms with E-state index in [1.807, 2.05) is 0 Å². The lowest BCUT2D eigenvalue weighted by atomic mass is 9.97. The Kier molecular flexibility index (Phi) is 5.27. The molecule has 0 aromatic heterocycles. The molecule has 0 aromatic rings. The maximum absolute atomic E-state index is 9.77. The zero-order chi connectivity index (χ0) is 13.9. The van der Waals surface area contributed by atoms with Gasteiger partial charge in [0.2, 0.25) is 0 Å². The zero-order valence-corrected chi connectivity index (χ0v) is 13.0. The molecular formula is C16H32N2O. The van der Waals surface area contributed by atoms with Crippen molar-refractivity contribution < 1.29 is 5.11 Å². The van der Waals surface area contributed by atoms with Gasteiger partial charge in [-0.2, -0.15) is 0 Å². The third-order valence-corrected chi connectivity index (χ3v) is 5.12. The van der Waals surface area contributed by atoms with Gasteiger partial charge in [-0.25, -0.2) is 0 Å². The Morgan fingerprint density at radius 3 is 2.53 bits per heavy atom. The van der Waals surface area contributed by atoms with Crippen LogP contribution < -0.4 is 5.32 Å². The number of aliphatic hydroxyl groups is 1. The largest absolute Gasteiger partial charge is 0.394 e. The highest BCUT2D eigenvalue weighted by atomic mass is 16.3. The Labute approximate surface area is 118 Å². The van der Waals surface area contributed by atoms with Gasteiger partial charge < -0.3 is 15.3 Å². The average Bonchev–Trinajstić information content (AvgIpc) is 2.98. The van der Waals surface area contributed by atoms with Crippen LogP contribution in [0.4, 0.5) is 0 Å². The first-order chi connectivity index (χ1) is 9.04. The van der Waals surface area contributed by atoms with Crippen molar-refractivity contribution in [3.8, 4) is 0 Å². The lowest BCUT2D eigenvalue weighted by Gasteiger charge is -2.33. The maximum Gasteiger partial charge on any atom is 0.0614 e. The predicted octanol–water partition coefficient (Wildman–Crippen LogP) is 2.39. The molecule has 3 heteroatoms. The van der Waals surface area contributed by atoms with Gasteiger partial charge in [0, 0.05) is 24.2 Å². The van der Waals surface area contributed by atoms with Crippen molar-refractivity contribution >= 4 is 0 Å². The molecule has 3 nitrogen and oxygen atoms in total. The van der Waals surface area contributed by atoms with Gasteiger partial charge in [0.05, 0.1) is 6.61 Å². The third kappa shape index (κ3) is 3.93. The molecule has 0 saturated heterocycles. The lowest BCUT2D eigenvalue weighted by Crippen LogP contribution is -2.50. The van der Waals surface area contributed by atoms with Crippen LogP contribution in [-0.4, -0.2) is 47.8 Å². The van der Waals surface area contributed by atoms with Crippen molar-refractivity contribution in [2.24, 2.45) is 5.92 Å². The molecular weight excluding hydrogens is 236 g/mol. The summed E-state index contributed by atoms with van der Waals surface area (Å²) in [5.41, 5.74) is -0.0250. The first kappa shape index (κ1) is 15.3. The number of nitrogens with zero attached hydrogens (tertiary/aromatic N) is 1. The Balaban J connectivity index is 1.85. The number of aliphatic hydroxyl groups excluding tert-OH is 1. The summed E-state index contributed by atoms with van der Waals surface area (Å²) in [6, 6.07) is 1.10. The van der Waals surface area contributed by atoms with Crippen LogP contribution in [0, 0.1) is 5.92 Å². The van der Waals surface area contributed by atoms with Crippen molar-refractivity contribution in [2.75, 3.05) is 20.2 Å². The summed E-state index contributed by atoms with van der Waals surface area (Å²) in [5.74, 6) is 0.923. The van der Waals surface area contributed by atoms with Crippen molar-refractivity contribution in [3.05, 3.63) is 0 Å². The molecule has 2 unspecified atom stereocenters. The topological polar surface area (TPSA) is 35.5 Å². The van der Waals surface area contributed by atoms with Gasteiger partial charge in [-0.1, -0.05) is 26.7 Å². The summed E-state index contributed by atoms with van der Waals surface area (Å²) in [4.78, 5) is 2.56. The van der Waals surface area contributed by atoms with Gasteiger partial charge in [-0.3, -0.25) is 0 Å². The molecule has 2 atom stereocenters. The average molecular weight is 268 g/mol. The molecule has 0 bridgehead atoms. The summed E-state index contributed by atoms with van der Waals surface area (Å²) in [6.45, 7) is 5.88. The molecule has 2 saturated carbocycles. The smallest absolute Gasteiger partial charge is 0.0614 e. The fraction of sp³-hybridized carbons (Fsp3) is 1.00. The molecule has 0 spiro atoms. The van der Waals surface area contributed by atoms with Crippen LogP contribution in [0.15, 0.2) is 0 Å². The third-order valence-electron chi connectivity index (χ3n) is 5.12. The van der Waals surface area contributed by atoms with E-state index in [0.29, 0.717) is 12.1 Å². The highest BCUT2D eigenvalue weighted by molar-refractivity contribution is 5.00. The van der Waals surface area contributed by atoms with Gasteiger partial charge in [0.1, 0.15) is 0 Å². The van der Waals surface area contributed by atoms with Crippen molar-refractivity contribution in [1.82, 2.24) is 10.2 Å². The van der Waals surface area contributed by atoms with Crippen LogP contribution in [0.5, 0.6) is 0 Å². The van der Waals surface area contributed by atoms with Gasteiger partial charge in [0.25, 0.3) is 0 Å². The number of nitrogens with one attached hydrogen (secondary N) is 1. The van der Waals surface area contributed by atoms with Crippen LogP contribution in [0.1, 0.15) is 58.8 Å². The predicted molar refractivity (Wildman–Crippen MR) is 80.3 cm³/mol. The summed E-state index contributed by atoms with van der Waals surface area (Å²) in [5, 5.41) is 13.4. The Bertz CT molecular complexity index is 276. The van der Waals surface area contributed by atoms with Crippen molar-refractivity contribution in [2.45, 2.75) is 76.4 Å². The fourth-order valence-electron chi connectivity index (χ4n) is 4.16. The fourth-order valence-corrected chi connectivity index (χ4v) is 4.16. The second-order valence-electron chi connectivity index (χ2n) is 7.22. The van der Waals surface area contributed by atoms with Gasteiger partial charge in [0.15, 0.2) is 0 Å². The van der Waals surface area contributed by atoms with E-state index >= 15 is 0 Å². The monoisotopic (exact) mass is 268 g/mol. The van der Waals surface area contributed by atoms with Crippen molar-refractivity contribution in [3.63, 3.8) is 0 Å². The Hall–Kier alpha value is -0.120. The summed E-state index contributed by atoms with van der Waals surface area (Å²) >= 11 is 0. The van der Waals surface area contributed by atoms with E-state index in [0.717, 1.165) is 18.8 Å². The van der Waals surface area contributed by atoms with E-state index in [1.165, 1.54) is 38.6 Å². The van der Waals surface area contributed by atoms with Gasteiger partial charge in [-0.15, -0.1) is 0 Å². The molecule has 0 amide bonds. The molecule has 2 aliphatic carbocycles. The molecule has 2 fully saturated rings. The molecule has 0 aliphatic heterocycles. The minimum atomic E-state index is -0.0250. The number of hydrogen-bond acceptors (Lipinski definition) is 3. The minimum absolute atomic E-state index is 0.0250. The summed E-state index contributed by atoms with van der Waals surface area (Å²) in [7, 11) is 2.28. The van der Waals surface area contributed by atoms with Crippen molar-refractivity contribution in [1.29, 1.82) is 0 Å². The first-order valence-electron chi connectivity index (χ1n) is 8.13. The molecule has 2 rings (SSSR count). The van der Waals surface area contributed by atoms with E-state index in [4.69, 9.17) is 0 Å². The van der Waals surface area contributed by atoms with Gasteiger partial charge in [-0.05, 0) is 45.1 Å². The van der Waals surface area contributed by atoms with Crippen LogP contribution in [-0.2, 0) is 0 Å². The van der Waals surface area contributed by atoms with E-state index in [9.17, 15) is 5.11 Å². The van der Waals surface area contributed by atoms with E-state index in [-0.39, 0.29) is 12.1 Å². The standard InChI is InChI=1S/C16H32N2O/c1-13(2)17-16(12-19)9-8-15(10-16)18(3)11-14-6-4-5-7-14/h13-15,17,19H,4-12H2,1-3H3. The van der Waals surface area contributed by atoms with Crippen LogP contribution in [0.25, 0.3) is 0 Å². The molecule has 2 aliphatic rings. The second kappa shape index (κ2) is 6.55. The molecule has 112 valence electrons. The molecule has 0 heterocycles. The van der Waals surface area contributed by atoms with Crippen LogP contribution in [0.2, 0.25) is 0 Å². The Morgan fingerprint density at radius 1 is 1.26 bits per heavy atom. The lowest BCUT2D eigenvalue weighted by molar-refractivity contribution is 0.138. The number of rotatable bonds is 6. The SMILES string of the molecule is CC(C)NC1(CO)CCC(N(C)CC2CCCC2)C1. The van der Waals surface area contributed by atoms with Gasteiger partial charge >= 0.3 is 0 Å². The molecule has 19 heavy (non-hydrogen) atoms. The summed E-state index contributed by atoms with van der Waals surface area (Å²) in [6.07, 6.45) is 9.14. The highest BCUT2D eigenvalue weighted by Crippen LogP contribution is 2.34. The second-order valence-corrected chi connectivity index (χ2v) is 7.22. The zero-order valence-electron chi connectivity index (χ0n) is 13.0. The van der Waals surface area contributed by atoms with E-state index in [2.05, 4.69) is 31.1 Å². The minimum Gasteiger partial charge on any atom is -0.394 e. The highest BCUT2D eigenvalue weighted by Gasteiger charge is 2.40. The van der Waals surface area contributed by atoms with E-state index in [1.54, 1.807) is 0 Å². The number of hydrogen-bond donors (Lipinski definition) is 2. The molecule has 0 aromatic carbocycles. The molecule has 2 N–H and O–H groups in total.